The van der Waals surface area contributed by atoms with Crippen molar-refractivity contribution in [2.24, 2.45) is 0 Å². The second-order valence-electron chi connectivity index (χ2n) is 11.8. The lowest BCUT2D eigenvalue weighted by Crippen LogP contribution is -2.78. The first kappa shape index (κ1) is 22.6. The molecule has 0 N–H and O–H groups in total. The Hall–Kier alpha value is 0.611. The molecular weight excluding hydrogens is 314 g/mol. The minimum absolute atomic E-state index is 0.401. The van der Waals surface area contributed by atoms with Gasteiger partial charge in [0.15, 0.2) is 0 Å². The van der Waals surface area contributed by atoms with E-state index in [-0.39, 0.29) is 0 Å². The maximum atomic E-state index is 3.23. The zero-order chi connectivity index (χ0) is 18.6. The van der Waals surface area contributed by atoms with Gasteiger partial charge in [0.1, 0.15) is 24.7 Å². The summed E-state index contributed by atoms with van der Waals surface area (Å²) in [5.74, 6) is 0. The maximum absolute atomic E-state index is 3.23. The lowest BCUT2D eigenvalue weighted by molar-refractivity contribution is 0.585. The van der Waals surface area contributed by atoms with Crippen LogP contribution in [0.5, 0.6) is 0 Å². The molecule has 0 saturated heterocycles. The third-order valence-corrected chi connectivity index (χ3v) is 31.6. The molecule has 0 unspecified atom stereocenters. The van der Waals surface area contributed by atoms with E-state index in [0.717, 1.165) is 0 Å². The molecule has 134 valence electrons. The molecule has 0 radical (unpaired) electrons. The highest BCUT2D eigenvalue weighted by atomic mass is 28.5. The van der Waals surface area contributed by atoms with Crippen LogP contribution < -0.4 is 0 Å². The van der Waals surface area contributed by atoms with Crippen LogP contribution in [0.3, 0.4) is 0 Å². The third-order valence-electron chi connectivity index (χ3n) is 7.18. The van der Waals surface area contributed by atoms with Crippen molar-refractivity contribution < 1.29 is 0 Å². The van der Waals surface area contributed by atoms with Crippen molar-refractivity contribution in [3.8, 4) is 0 Å². The van der Waals surface area contributed by atoms with E-state index in [1.807, 2.05) is 0 Å². The van der Waals surface area contributed by atoms with Crippen LogP contribution in [0.1, 0.15) is 62.3 Å². The van der Waals surface area contributed by atoms with Gasteiger partial charge in [0, 0.05) is 0 Å². The standard InChI is InChI=1S/C18H45NSi3/c1-16(2,3)20(10,11)19(21(12,13)17(4,5)6)22(14,15)18(7,8)9/h1-15H3. The van der Waals surface area contributed by atoms with Gasteiger partial charge in [-0.25, -0.2) is 0 Å². The summed E-state index contributed by atoms with van der Waals surface area (Å²) in [5.41, 5.74) is 0. The molecule has 0 aromatic rings. The molecule has 1 nitrogen and oxygen atoms in total. The second kappa shape index (κ2) is 5.85. The quantitative estimate of drug-likeness (QED) is 0.477. The van der Waals surface area contributed by atoms with Crippen molar-refractivity contribution in [2.75, 3.05) is 0 Å². The van der Waals surface area contributed by atoms with Gasteiger partial charge >= 0.3 is 0 Å². The molecule has 0 aliphatic rings. The van der Waals surface area contributed by atoms with Gasteiger partial charge in [0.25, 0.3) is 0 Å². The number of hydrogen-bond donors (Lipinski definition) is 0. The molecule has 0 aliphatic heterocycles. The Kier molecular flexibility index (Phi) is 6.01. The summed E-state index contributed by atoms with van der Waals surface area (Å²) >= 11 is 0. The first-order valence-electron chi connectivity index (χ1n) is 8.92. The molecule has 0 bridgehead atoms. The summed E-state index contributed by atoms with van der Waals surface area (Å²) < 4.78 is 3.23. The number of hydrogen-bond acceptors (Lipinski definition) is 1. The summed E-state index contributed by atoms with van der Waals surface area (Å²) in [7, 11) is -4.70. The SMILES string of the molecule is CC(C)(C)[Si](C)(C)N([Si](C)(C)C(C)(C)C)[Si](C)(C)C(C)(C)C. The van der Waals surface area contributed by atoms with Gasteiger partial charge in [-0.3, -0.25) is 0 Å². The topological polar surface area (TPSA) is 3.24 Å². The fourth-order valence-corrected chi connectivity index (χ4v) is 27.9. The van der Waals surface area contributed by atoms with Gasteiger partial charge in [0.05, 0.1) is 0 Å². The van der Waals surface area contributed by atoms with Gasteiger partial charge in [-0.15, -0.1) is 0 Å². The molecule has 0 heterocycles. The average Bonchev–Trinajstić information content (AvgIpc) is 2.09. The van der Waals surface area contributed by atoms with Crippen LogP contribution >= 0.6 is 0 Å². The summed E-state index contributed by atoms with van der Waals surface area (Å²) in [6.45, 7) is 38.1. The monoisotopic (exact) mass is 359 g/mol. The van der Waals surface area contributed by atoms with Gasteiger partial charge in [-0.2, -0.15) is 0 Å². The van der Waals surface area contributed by atoms with Crippen LogP contribution in [0.4, 0.5) is 0 Å². The van der Waals surface area contributed by atoms with Crippen molar-refractivity contribution >= 4 is 24.7 Å². The molecule has 0 aromatic heterocycles. The van der Waals surface area contributed by atoms with E-state index in [2.05, 4.69) is 105 Å². The fourth-order valence-electron chi connectivity index (χ4n) is 3.10. The molecule has 0 fully saturated rings. The van der Waals surface area contributed by atoms with E-state index >= 15 is 0 Å². The van der Waals surface area contributed by atoms with Crippen molar-refractivity contribution in [3.05, 3.63) is 0 Å². The molecule has 0 amide bonds. The highest BCUT2D eigenvalue weighted by Crippen LogP contribution is 2.53. The molecule has 0 aromatic carbocycles. The lowest BCUT2D eigenvalue weighted by atomic mass is 10.2. The van der Waals surface area contributed by atoms with Crippen LogP contribution in [-0.4, -0.2) is 28.6 Å². The van der Waals surface area contributed by atoms with Crippen LogP contribution in [0, 0.1) is 0 Å². The number of nitrogens with zero attached hydrogens (tertiary/aromatic N) is 1. The molecule has 0 spiro atoms. The molecule has 0 rings (SSSR count). The number of rotatable bonds is 3. The van der Waals surface area contributed by atoms with E-state index < -0.39 is 24.7 Å². The summed E-state index contributed by atoms with van der Waals surface area (Å²) in [6, 6.07) is 0. The summed E-state index contributed by atoms with van der Waals surface area (Å²) in [5, 5.41) is 1.20. The van der Waals surface area contributed by atoms with E-state index in [9.17, 15) is 0 Å². The Morgan fingerprint density at radius 2 is 0.545 bits per heavy atom. The van der Waals surface area contributed by atoms with Crippen LogP contribution in [0.15, 0.2) is 0 Å². The fraction of sp³-hybridized carbons (Fsp3) is 1.00. The van der Waals surface area contributed by atoms with Gasteiger partial charge in [-0.1, -0.05) is 102 Å². The summed E-state index contributed by atoms with van der Waals surface area (Å²) in [6.07, 6.45) is 0. The van der Waals surface area contributed by atoms with Crippen LogP contribution in [0.2, 0.25) is 54.4 Å². The predicted molar refractivity (Wildman–Crippen MR) is 113 cm³/mol. The van der Waals surface area contributed by atoms with E-state index in [1.54, 1.807) is 0 Å². The Morgan fingerprint density at radius 3 is 0.636 bits per heavy atom. The van der Waals surface area contributed by atoms with Crippen LogP contribution in [0.25, 0.3) is 0 Å². The van der Waals surface area contributed by atoms with E-state index in [4.69, 9.17) is 0 Å². The minimum atomic E-state index is -1.57. The normalized spacial score (nSPS) is 16.4. The van der Waals surface area contributed by atoms with Gasteiger partial charge < -0.3 is 3.90 Å². The lowest BCUT2D eigenvalue weighted by Gasteiger charge is -2.65. The zero-order valence-corrected chi connectivity index (χ0v) is 21.4. The first-order chi connectivity index (χ1) is 9.12. The Morgan fingerprint density at radius 1 is 0.409 bits per heavy atom. The highest BCUT2D eigenvalue weighted by Gasteiger charge is 2.59. The van der Waals surface area contributed by atoms with Gasteiger partial charge in [0.2, 0.25) is 0 Å². The van der Waals surface area contributed by atoms with Gasteiger partial charge in [-0.05, 0) is 15.1 Å². The molecule has 0 atom stereocenters. The third kappa shape index (κ3) is 3.81. The largest absolute Gasteiger partial charge is 0.367 e. The molecule has 22 heavy (non-hydrogen) atoms. The average molecular weight is 360 g/mol. The van der Waals surface area contributed by atoms with Crippen LogP contribution in [-0.2, 0) is 0 Å². The van der Waals surface area contributed by atoms with Crippen molar-refractivity contribution in [1.82, 2.24) is 3.90 Å². The predicted octanol–water partition coefficient (Wildman–Crippen LogP) is 7.30. The summed E-state index contributed by atoms with van der Waals surface area (Å²) in [4.78, 5) is 0. The second-order valence-corrected chi connectivity index (χ2v) is 28.3. The van der Waals surface area contributed by atoms with E-state index in [1.165, 1.54) is 0 Å². The maximum Gasteiger partial charge on any atom is 0.114 e. The smallest absolute Gasteiger partial charge is 0.114 e. The zero-order valence-electron chi connectivity index (χ0n) is 18.4. The van der Waals surface area contributed by atoms with E-state index in [0.29, 0.717) is 15.1 Å². The minimum Gasteiger partial charge on any atom is -0.367 e. The van der Waals surface area contributed by atoms with Crippen molar-refractivity contribution in [3.63, 3.8) is 0 Å². The molecule has 0 saturated carbocycles. The first-order valence-corrected chi connectivity index (χ1v) is 17.8. The Balaban J connectivity index is 6.53. The van der Waals surface area contributed by atoms with Crippen molar-refractivity contribution in [2.45, 2.75) is 117 Å². The van der Waals surface area contributed by atoms with Crippen molar-refractivity contribution in [1.29, 1.82) is 0 Å². The molecular formula is C18H45NSi3. The molecule has 0 aliphatic carbocycles. The Labute approximate surface area is 145 Å². The molecule has 4 heteroatoms. The Bertz CT molecular complexity index is 328. The highest BCUT2D eigenvalue weighted by molar-refractivity contribution is 7.06.